The number of amides is 1. The normalized spacial score (nSPS) is 12.9. The van der Waals surface area contributed by atoms with Crippen LogP contribution in [0.15, 0.2) is 42.9 Å². The van der Waals surface area contributed by atoms with Crippen LogP contribution in [0.3, 0.4) is 0 Å². The molecule has 0 fully saturated rings. The van der Waals surface area contributed by atoms with Crippen molar-refractivity contribution in [2.24, 2.45) is 5.73 Å². The van der Waals surface area contributed by atoms with E-state index < -0.39 is 20.3 Å². The third-order valence-corrected chi connectivity index (χ3v) is 12.8. The molecule has 198 valence electrons. The van der Waals surface area contributed by atoms with Crippen molar-refractivity contribution in [3.05, 3.63) is 69.6 Å². The number of benzene rings is 1. The molecule has 0 bridgehead atoms. The van der Waals surface area contributed by atoms with Crippen molar-refractivity contribution in [1.29, 1.82) is 5.26 Å². The number of hydrogen-bond donors (Lipinski definition) is 1. The van der Waals surface area contributed by atoms with Crippen LogP contribution in [-0.4, -0.2) is 28.8 Å². The number of imidazole rings is 1. The predicted molar refractivity (Wildman–Crippen MR) is 152 cm³/mol. The number of aromatic nitrogens is 3. The molecule has 1 aromatic carbocycles. The number of thiophene rings is 1. The summed E-state index contributed by atoms with van der Waals surface area (Å²) < 4.78 is 14.4. The molecule has 0 saturated carbocycles. The summed E-state index contributed by atoms with van der Waals surface area (Å²) in [6.07, 6.45) is 2.93. The van der Waals surface area contributed by atoms with Gasteiger partial charge in [0.1, 0.15) is 33.6 Å². The number of halogens is 1. The quantitative estimate of drug-likeness (QED) is 0.235. The van der Waals surface area contributed by atoms with Gasteiger partial charge in [0.15, 0.2) is 8.32 Å². The molecule has 2 N–H and O–H groups in total. The first-order chi connectivity index (χ1) is 17.8. The first-order valence-electron chi connectivity index (χ1n) is 12.1. The number of fused-ring (bicyclic) bond motifs is 1. The van der Waals surface area contributed by atoms with E-state index in [1.54, 1.807) is 36.8 Å². The minimum absolute atomic E-state index is 0.0938. The Morgan fingerprint density at radius 3 is 2.63 bits per heavy atom. The van der Waals surface area contributed by atoms with Gasteiger partial charge in [0.2, 0.25) is 0 Å². The lowest BCUT2D eigenvalue weighted by molar-refractivity contribution is 0.0998. The lowest BCUT2D eigenvalue weighted by atomic mass is 10.1. The Morgan fingerprint density at radius 2 is 2.00 bits per heavy atom. The fourth-order valence-corrected chi connectivity index (χ4v) is 5.80. The van der Waals surface area contributed by atoms with Crippen LogP contribution in [0.4, 0.5) is 0 Å². The number of primary amides is 1. The van der Waals surface area contributed by atoms with E-state index in [0.29, 0.717) is 28.5 Å². The molecule has 1 unspecified atom stereocenters. The largest absolute Gasteiger partial charge is 0.484 e. The first kappa shape index (κ1) is 27.8. The third-order valence-electron chi connectivity index (χ3n) is 6.89. The Hall–Kier alpha value is -3.23. The van der Waals surface area contributed by atoms with E-state index in [1.165, 1.54) is 11.3 Å². The smallest absolute Gasteiger partial charge is 0.262 e. The van der Waals surface area contributed by atoms with Crippen LogP contribution in [0, 0.1) is 11.3 Å². The van der Waals surface area contributed by atoms with Crippen molar-refractivity contribution in [2.45, 2.75) is 58.5 Å². The van der Waals surface area contributed by atoms with Gasteiger partial charge in [-0.15, -0.1) is 11.3 Å². The van der Waals surface area contributed by atoms with Crippen LogP contribution >= 0.6 is 22.9 Å². The molecule has 1 atom stereocenters. The summed E-state index contributed by atoms with van der Waals surface area (Å²) >= 11 is 7.59. The van der Waals surface area contributed by atoms with Gasteiger partial charge in [0, 0.05) is 16.7 Å². The Labute approximate surface area is 232 Å². The highest BCUT2D eigenvalue weighted by molar-refractivity contribution is 7.16. The number of nitriles is 1. The Kier molecular flexibility index (Phi) is 7.68. The zero-order chi connectivity index (χ0) is 27.8. The van der Waals surface area contributed by atoms with E-state index in [2.05, 4.69) is 49.9 Å². The van der Waals surface area contributed by atoms with Crippen molar-refractivity contribution in [2.75, 3.05) is 0 Å². The number of hydrogen-bond acceptors (Lipinski definition) is 7. The second-order valence-electron chi connectivity index (χ2n) is 10.6. The van der Waals surface area contributed by atoms with Crippen LogP contribution < -0.4 is 10.5 Å². The molecule has 3 aromatic heterocycles. The zero-order valence-corrected chi connectivity index (χ0v) is 24.8. The zero-order valence-electron chi connectivity index (χ0n) is 22.2. The molecule has 1 amide bonds. The molecule has 3 heterocycles. The van der Waals surface area contributed by atoms with E-state index in [4.69, 9.17) is 31.8 Å². The number of nitrogens with zero attached hydrogens (tertiary/aromatic N) is 4. The molecule has 0 radical (unpaired) electrons. The minimum Gasteiger partial charge on any atom is -0.484 e. The highest BCUT2D eigenvalue weighted by Gasteiger charge is 2.37. The predicted octanol–water partition coefficient (Wildman–Crippen LogP) is 6.77. The van der Waals surface area contributed by atoms with Crippen LogP contribution in [0.5, 0.6) is 5.75 Å². The van der Waals surface area contributed by atoms with Crippen molar-refractivity contribution >= 4 is 48.2 Å². The van der Waals surface area contributed by atoms with Gasteiger partial charge >= 0.3 is 0 Å². The summed E-state index contributed by atoms with van der Waals surface area (Å²) in [5.74, 6) is -0.244. The Morgan fingerprint density at radius 1 is 1.26 bits per heavy atom. The summed E-state index contributed by atoms with van der Waals surface area (Å²) in [6, 6.07) is 10.8. The molecular weight excluding hydrogens is 538 g/mol. The number of nitrogens with two attached hydrogens (primary N) is 1. The van der Waals surface area contributed by atoms with E-state index in [-0.39, 0.29) is 9.92 Å². The second kappa shape index (κ2) is 10.5. The summed E-state index contributed by atoms with van der Waals surface area (Å²) in [6.45, 7) is 13.3. The van der Waals surface area contributed by atoms with E-state index in [1.807, 2.05) is 17.6 Å². The number of ether oxygens (including phenoxy) is 1. The number of carbonyl (C=O) groups is 1. The highest BCUT2D eigenvalue weighted by Crippen LogP contribution is 2.38. The van der Waals surface area contributed by atoms with Crippen molar-refractivity contribution in [1.82, 2.24) is 14.5 Å². The van der Waals surface area contributed by atoms with Gasteiger partial charge in [-0.05, 0) is 43.3 Å². The van der Waals surface area contributed by atoms with Crippen molar-refractivity contribution in [3.63, 3.8) is 0 Å². The second-order valence-corrected chi connectivity index (χ2v) is 16.8. The summed E-state index contributed by atoms with van der Waals surface area (Å²) in [7, 11) is -1.94. The highest BCUT2D eigenvalue weighted by atomic mass is 35.5. The van der Waals surface area contributed by atoms with Gasteiger partial charge in [-0.1, -0.05) is 38.4 Å². The third kappa shape index (κ3) is 5.61. The van der Waals surface area contributed by atoms with Crippen molar-refractivity contribution < 1.29 is 14.0 Å². The fourth-order valence-electron chi connectivity index (χ4n) is 3.60. The number of rotatable bonds is 8. The molecule has 0 saturated heterocycles. The SMILES string of the molecule is CC(Oc1cc(-n2cnc3cnc(CO[Si](C)(C)C(C)(C)C)cc32)sc1C(N)=O)c1ccc(C#N)cc1Cl. The maximum Gasteiger partial charge on any atom is 0.262 e. The molecule has 0 spiro atoms. The van der Waals surface area contributed by atoms with Gasteiger partial charge in [0.05, 0.1) is 35.6 Å². The first-order valence-corrected chi connectivity index (χ1v) is 16.2. The molecule has 0 aliphatic rings. The standard InChI is InChI=1S/C27H30ClN5O3SSi/c1-16(19-8-7-17(12-29)9-20(19)28)36-23-11-24(37-25(23)26(30)34)33-15-32-21-13-31-18(10-22(21)33)14-35-38(5,6)27(2,3)4/h7-11,13,15-16H,14H2,1-6H3,(H2,30,34). The van der Waals surface area contributed by atoms with E-state index >= 15 is 0 Å². The molecule has 4 aromatic rings. The van der Waals surface area contributed by atoms with Crippen molar-refractivity contribution in [3.8, 4) is 16.8 Å². The Balaban J connectivity index is 1.64. The van der Waals surface area contributed by atoms with Crippen LogP contribution in [0.1, 0.15) is 60.3 Å². The Bertz CT molecular complexity index is 1550. The monoisotopic (exact) mass is 567 g/mol. The lowest BCUT2D eigenvalue weighted by Crippen LogP contribution is -2.40. The van der Waals surface area contributed by atoms with Crippen LogP contribution in [0.2, 0.25) is 23.2 Å². The summed E-state index contributed by atoms with van der Waals surface area (Å²) in [5.41, 5.74) is 9.20. The summed E-state index contributed by atoms with van der Waals surface area (Å²) in [4.78, 5) is 21.6. The van der Waals surface area contributed by atoms with E-state index in [9.17, 15) is 4.79 Å². The average Bonchev–Trinajstić information content (AvgIpc) is 3.45. The molecule has 8 nitrogen and oxygen atoms in total. The van der Waals surface area contributed by atoms with Crippen LogP contribution in [-0.2, 0) is 11.0 Å². The van der Waals surface area contributed by atoms with Crippen LogP contribution in [0.25, 0.3) is 16.0 Å². The van der Waals surface area contributed by atoms with Gasteiger partial charge in [-0.25, -0.2) is 4.98 Å². The molecule has 0 aliphatic heterocycles. The molecule has 0 aliphatic carbocycles. The number of carbonyl (C=O) groups excluding carboxylic acids is 1. The fraction of sp³-hybridized carbons (Fsp3) is 0.333. The van der Waals surface area contributed by atoms with Gasteiger partial charge in [0.25, 0.3) is 5.91 Å². The molecule has 4 rings (SSSR count). The van der Waals surface area contributed by atoms with E-state index in [0.717, 1.165) is 21.7 Å². The number of pyridine rings is 1. The average molecular weight is 568 g/mol. The lowest BCUT2D eigenvalue weighted by Gasteiger charge is -2.36. The van der Waals surface area contributed by atoms with Gasteiger partial charge in [-0.2, -0.15) is 5.26 Å². The van der Waals surface area contributed by atoms with Gasteiger partial charge < -0.3 is 14.9 Å². The summed E-state index contributed by atoms with van der Waals surface area (Å²) in [5, 5.41) is 10.3. The van der Waals surface area contributed by atoms with Gasteiger partial charge in [-0.3, -0.25) is 14.3 Å². The minimum atomic E-state index is -1.94. The maximum absolute atomic E-state index is 12.3. The topological polar surface area (TPSA) is 116 Å². The molecule has 38 heavy (non-hydrogen) atoms. The maximum atomic E-state index is 12.3. The molecular formula is C27H30ClN5O3SSi. The molecule has 11 heteroatoms.